The van der Waals surface area contributed by atoms with Crippen molar-refractivity contribution in [2.75, 3.05) is 6.61 Å². The highest BCUT2D eigenvalue weighted by Crippen LogP contribution is 2.89. The molecule has 2 heterocycles. The molecule has 7 aliphatic rings. The zero-order chi connectivity index (χ0) is 34.7. The van der Waals surface area contributed by atoms with Crippen molar-refractivity contribution in [3.05, 3.63) is 0 Å². The highest BCUT2D eigenvalue weighted by atomic mass is 28.4. The fourth-order valence-corrected chi connectivity index (χ4v) is 17.6. The van der Waals surface area contributed by atoms with Gasteiger partial charge in [0.2, 0.25) is 0 Å². The normalized spacial score (nSPS) is 50.4. The van der Waals surface area contributed by atoms with E-state index in [0.717, 1.165) is 50.4 Å². The summed E-state index contributed by atoms with van der Waals surface area (Å²) in [6.07, 6.45) is 12.2. The molecule has 0 amide bonds. The van der Waals surface area contributed by atoms with Gasteiger partial charge in [0.25, 0.3) is 0 Å². The van der Waals surface area contributed by atoms with Gasteiger partial charge in [-0.3, -0.25) is 0 Å². The monoisotopic (exact) mass is 689 g/mol. The van der Waals surface area contributed by atoms with Crippen LogP contribution in [0.15, 0.2) is 0 Å². The molecule has 0 aromatic rings. The van der Waals surface area contributed by atoms with E-state index in [9.17, 15) is 10.2 Å². The zero-order valence-corrected chi connectivity index (χ0v) is 33.4. The summed E-state index contributed by atoms with van der Waals surface area (Å²) in [7, 11) is -2.00. The summed E-state index contributed by atoms with van der Waals surface area (Å²) < 4.78 is 28.0. The molecule has 7 heteroatoms. The van der Waals surface area contributed by atoms with Crippen molar-refractivity contribution in [1.29, 1.82) is 0 Å². The van der Waals surface area contributed by atoms with Crippen molar-refractivity contribution in [1.82, 2.24) is 0 Å². The summed E-state index contributed by atoms with van der Waals surface area (Å²) in [5.74, 6) is 2.11. The van der Waals surface area contributed by atoms with Crippen molar-refractivity contribution in [2.45, 2.75) is 200 Å². The number of hydrogen-bond acceptors (Lipinski definition) is 6. The first-order chi connectivity index (χ1) is 22.5. The summed E-state index contributed by atoms with van der Waals surface area (Å²) >= 11 is 0. The Kier molecular flexibility index (Phi) is 9.08. The fraction of sp³-hybridized carbons (Fsp3) is 1.00. The molecule has 0 radical (unpaired) electrons. The molecular formula is C41H72O6Si. The summed E-state index contributed by atoms with van der Waals surface area (Å²) in [5, 5.41) is 22.3. The van der Waals surface area contributed by atoms with E-state index in [1.165, 1.54) is 44.9 Å². The second kappa shape index (κ2) is 12.0. The van der Waals surface area contributed by atoms with E-state index >= 15 is 0 Å². The second-order valence-corrected chi connectivity index (χ2v) is 24.6. The Labute approximate surface area is 294 Å². The molecule has 2 spiro atoms. The van der Waals surface area contributed by atoms with Crippen LogP contribution in [-0.4, -0.2) is 67.5 Å². The Morgan fingerprint density at radius 3 is 2.19 bits per heavy atom. The molecular weight excluding hydrogens is 617 g/mol. The molecule has 0 bridgehead atoms. The van der Waals surface area contributed by atoms with Crippen molar-refractivity contribution in [2.24, 2.45) is 50.7 Å². The van der Waals surface area contributed by atoms with Crippen molar-refractivity contribution in [3.8, 4) is 0 Å². The SMILES string of the molecule is CC[Si](CC)(CC)O[C@H]1[C@H]2O[C@@H]([C@H](O)C(C)(C)O)C[C@@H](C)[C@@H]2[C@@]2(C)CC[C@@]34C[C@@]35CC[C@H](O[C@H]3CCCCO3)C(C)(C)[C@@H]5CC[C@H]4[C@]12C. The van der Waals surface area contributed by atoms with E-state index in [4.69, 9.17) is 18.6 Å². The van der Waals surface area contributed by atoms with Crippen LogP contribution in [0.4, 0.5) is 0 Å². The maximum atomic E-state index is 11.4. The predicted molar refractivity (Wildman–Crippen MR) is 193 cm³/mol. The molecule has 0 aromatic carbocycles. The van der Waals surface area contributed by atoms with E-state index < -0.39 is 20.0 Å². The van der Waals surface area contributed by atoms with Crippen LogP contribution < -0.4 is 0 Å². The summed E-state index contributed by atoms with van der Waals surface area (Å²) in [4.78, 5) is 0. The van der Waals surface area contributed by atoms with Gasteiger partial charge in [0.15, 0.2) is 14.6 Å². The van der Waals surface area contributed by atoms with Crippen LogP contribution in [0.1, 0.15) is 140 Å². The molecule has 2 N–H and O–H groups in total. The van der Waals surface area contributed by atoms with Crippen LogP contribution in [0.3, 0.4) is 0 Å². The van der Waals surface area contributed by atoms with Crippen molar-refractivity contribution < 1.29 is 28.8 Å². The number of aliphatic hydroxyl groups excluding tert-OH is 1. The van der Waals surface area contributed by atoms with E-state index in [-0.39, 0.29) is 47.0 Å². The van der Waals surface area contributed by atoms with Gasteiger partial charge in [-0.1, -0.05) is 55.4 Å². The van der Waals surface area contributed by atoms with Crippen LogP contribution in [0.25, 0.3) is 0 Å². The maximum absolute atomic E-state index is 11.4. The Balaban J connectivity index is 1.25. The summed E-state index contributed by atoms with van der Waals surface area (Å²) in [5.41, 5.74) is -0.154. The average molecular weight is 689 g/mol. The number of ether oxygens (including phenoxy) is 3. The van der Waals surface area contributed by atoms with Crippen molar-refractivity contribution in [3.63, 3.8) is 0 Å². The highest BCUT2D eigenvalue weighted by Gasteiger charge is 2.85. The number of aliphatic hydroxyl groups is 2. The Morgan fingerprint density at radius 1 is 0.896 bits per heavy atom. The Morgan fingerprint density at radius 2 is 1.56 bits per heavy atom. The van der Waals surface area contributed by atoms with Gasteiger partial charge in [0.05, 0.1) is 30.0 Å². The number of fused-ring (bicyclic) bond motifs is 4. The third-order valence-corrected chi connectivity index (χ3v) is 22.2. The Hall–Kier alpha value is -0.0231. The zero-order valence-electron chi connectivity index (χ0n) is 32.4. The van der Waals surface area contributed by atoms with Gasteiger partial charge in [0.1, 0.15) is 6.10 Å². The van der Waals surface area contributed by atoms with E-state index in [1.807, 2.05) is 0 Å². The fourth-order valence-electron chi connectivity index (χ4n) is 14.6. The van der Waals surface area contributed by atoms with E-state index in [1.54, 1.807) is 13.8 Å². The molecule has 7 rings (SSSR count). The standard InChI is InChI=1S/C41H72O6Si/c1-11-48(12-2,13-3)47-35-33-32(26(4)24-27(45-33)34(42)37(7,8)43)38(9)21-22-41-25-40(41)20-19-30(46-31-16-14-15-23-44-31)36(5,6)28(40)17-18-29(41)39(35,38)10/h26-35,42-43H,11-25H2,1-10H3/t26-,27-,28+,29+,30+,31+,32+,33+,34+,35+,38-,39-,40-,41+/m1/s1. The van der Waals surface area contributed by atoms with Gasteiger partial charge in [-0.25, -0.2) is 0 Å². The lowest BCUT2D eigenvalue weighted by molar-refractivity contribution is -0.242. The lowest BCUT2D eigenvalue weighted by atomic mass is 9.41. The van der Waals surface area contributed by atoms with Crippen LogP contribution in [0.2, 0.25) is 18.1 Å². The lowest BCUT2D eigenvalue weighted by Crippen LogP contribution is -2.61. The minimum atomic E-state index is -2.00. The first-order valence-electron chi connectivity index (χ1n) is 20.5. The topological polar surface area (TPSA) is 77.4 Å². The van der Waals surface area contributed by atoms with E-state index in [0.29, 0.717) is 34.5 Å². The molecule has 0 aromatic heterocycles. The highest BCUT2D eigenvalue weighted by molar-refractivity contribution is 6.73. The average Bonchev–Trinajstić information content (AvgIpc) is 3.67. The molecule has 6 nitrogen and oxygen atoms in total. The molecule has 14 atom stereocenters. The Bertz CT molecular complexity index is 1180. The molecule has 2 aliphatic heterocycles. The third-order valence-electron chi connectivity index (χ3n) is 17.6. The van der Waals surface area contributed by atoms with Crippen molar-refractivity contribution >= 4 is 8.32 Å². The van der Waals surface area contributed by atoms with Crippen LogP contribution in [-0.2, 0) is 18.6 Å². The number of rotatable bonds is 9. The van der Waals surface area contributed by atoms with Gasteiger partial charge in [-0.15, -0.1) is 0 Å². The first-order valence-corrected chi connectivity index (χ1v) is 23.0. The molecule has 276 valence electrons. The summed E-state index contributed by atoms with van der Waals surface area (Å²) in [6, 6.07) is 3.40. The minimum Gasteiger partial charge on any atom is -0.411 e. The molecule has 5 saturated carbocycles. The van der Waals surface area contributed by atoms with Crippen LogP contribution in [0.5, 0.6) is 0 Å². The maximum Gasteiger partial charge on any atom is 0.192 e. The van der Waals surface area contributed by atoms with Gasteiger partial charge in [0, 0.05) is 12.0 Å². The van der Waals surface area contributed by atoms with Crippen LogP contribution >= 0.6 is 0 Å². The first kappa shape index (κ1) is 36.3. The second-order valence-electron chi connectivity index (χ2n) is 19.9. The van der Waals surface area contributed by atoms with Gasteiger partial charge in [-0.05, 0) is 148 Å². The molecule has 48 heavy (non-hydrogen) atoms. The quantitative estimate of drug-likeness (QED) is 0.186. The summed E-state index contributed by atoms with van der Waals surface area (Å²) in [6.45, 7) is 24.2. The molecule has 7 fully saturated rings. The van der Waals surface area contributed by atoms with Gasteiger partial charge >= 0.3 is 0 Å². The smallest absolute Gasteiger partial charge is 0.192 e. The van der Waals surface area contributed by atoms with Gasteiger partial charge in [-0.2, -0.15) is 0 Å². The lowest BCUT2D eigenvalue weighted by Gasteiger charge is -2.64. The number of hydrogen-bond donors (Lipinski definition) is 2. The molecule has 2 saturated heterocycles. The predicted octanol–water partition coefficient (Wildman–Crippen LogP) is 8.87. The van der Waals surface area contributed by atoms with Gasteiger partial charge < -0.3 is 28.8 Å². The minimum absolute atomic E-state index is 0.00305. The third kappa shape index (κ3) is 4.89. The van der Waals surface area contributed by atoms with E-state index in [2.05, 4.69) is 55.4 Å². The van der Waals surface area contributed by atoms with Crippen LogP contribution in [0, 0.1) is 50.7 Å². The molecule has 5 aliphatic carbocycles. The molecule has 0 unspecified atom stereocenters. The largest absolute Gasteiger partial charge is 0.411 e.